The van der Waals surface area contributed by atoms with Gasteiger partial charge in [-0.1, -0.05) is 103 Å². The molecule has 0 spiro atoms. The lowest BCUT2D eigenvalue weighted by Crippen LogP contribution is -2.59. The molecule has 3 aliphatic carbocycles. The first-order chi connectivity index (χ1) is 17.1. The fourth-order valence-corrected chi connectivity index (χ4v) is 32.6. The molecule has 3 nitrogen and oxygen atoms in total. The zero-order valence-electron chi connectivity index (χ0n) is 24.8. The minimum atomic E-state index is -2.13. The zero-order valence-corrected chi connectivity index (χ0v) is 28.8. The maximum atomic E-state index is 8.09. The Balaban J connectivity index is 1.57. The van der Waals surface area contributed by atoms with Gasteiger partial charge < -0.3 is 12.7 Å². The summed E-state index contributed by atoms with van der Waals surface area (Å²) in [6.07, 6.45) is 24.7. The minimum absolute atomic E-state index is 0.918. The van der Waals surface area contributed by atoms with E-state index in [0.717, 1.165) is 29.3 Å². The Bertz CT molecular complexity index is 624. The number of rotatable bonds is 8. The van der Waals surface area contributed by atoms with Gasteiger partial charge in [-0.25, -0.2) is 0 Å². The first kappa shape index (κ1) is 29.7. The number of hydrogen-bond acceptors (Lipinski definition) is 3. The van der Waals surface area contributed by atoms with Crippen LogP contribution in [0.15, 0.2) is 0 Å². The largest absolute Gasteiger partial charge is 0.455 e. The molecular formula is C29H60O3Si4. The lowest BCUT2D eigenvalue weighted by Gasteiger charge is -2.55. The first-order valence-electron chi connectivity index (χ1n) is 16.2. The van der Waals surface area contributed by atoms with Crippen LogP contribution in [0.1, 0.15) is 109 Å². The molecule has 1 saturated heterocycles. The van der Waals surface area contributed by atoms with Crippen LogP contribution in [-0.4, -0.2) is 40.1 Å². The average Bonchev–Trinajstić information content (AvgIpc) is 2.86. The normalized spacial score (nSPS) is 30.6. The second-order valence-electron chi connectivity index (χ2n) is 14.5. The molecule has 7 heteroatoms. The first-order valence-corrected chi connectivity index (χ1v) is 27.1. The molecule has 0 N–H and O–H groups in total. The third kappa shape index (κ3) is 7.69. The van der Waals surface area contributed by atoms with Gasteiger partial charge in [0.2, 0.25) is 0 Å². The summed E-state index contributed by atoms with van der Waals surface area (Å²) < 4.78 is 21.7. The topological polar surface area (TPSA) is 27.7 Å². The van der Waals surface area contributed by atoms with Gasteiger partial charge in [0, 0.05) is 6.61 Å². The summed E-state index contributed by atoms with van der Waals surface area (Å²) in [4.78, 5) is 0. The van der Waals surface area contributed by atoms with Crippen LogP contribution in [0.5, 0.6) is 0 Å². The van der Waals surface area contributed by atoms with Crippen molar-refractivity contribution in [3.63, 3.8) is 0 Å². The van der Waals surface area contributed by atoms with Crippen molar-refractivity contribution in [1.29, 1.82) is 0 Å². The Morgan fingerprint density at radius 3 is 1.61 bits per heavy atom. The monoisotopic (exact) mass is 568 g/mol. The Morgan fingerprint density at radius 1 is 0.667 bits per heavy atom. The summed E-state index contributed by atoms with van der Waals surface area (Å²) in [5.74, 6) is 0. The zero-order chi connectivity index (χ0) is 25.7. The van der Waals surface area contributed by atoms with Crippen molar-refractivity contribution in [3.05, 3.63) is 0 Å². The van der Waals surface area contributed by atoms with Crippen LogP contribution < -0.4 is 0 Å². The summed E-state index contributed by atoms with van der Waals surface area (Å²) in [6.45, 7) is 13.4. The van der Waals surface area contributed by atoms with Crippen LogP contribution in [0, 0.1) is 0 Å². The maximum absolute atomic E-state index is 8.09. The van der Waals surface area contributed by atoms with Crippen LogP contribution in [0.4, 0.5) is 0 Å². The van der Waals surface area contributed by atoms with E-state index in [4.69, 9.17) is 12.7 Å². The van der Waals surface area contributed by atoms with Crippen LogP contribution in [-0.2, 0) is 12.7 Å². The molecule has 1 aliphatic heterocycles. The third-order valence-corrected chi connectivity index (χ3v) is 29.0. The summed E-state index contributed by atoms with van der Waals surface area (Å²) in [7, 11) is -7.47. The Morgan fingerprint density at radius 2 is 1.14 bits per heavy atom. The van der Waals surface area contributed by atoms with Gasteiger partial charge in [0.05, 0.1) is 0 Å². The van der Waals surface area contributed by atoms with Crippen LogP contribution in [0.25, 0.3) is 0 Å². The molecule has 0 amide bonds. The molecule has 1 unspecified atom stereocenters. The molecule has 36 heavy (non-hydrogen) atoms. The summed E-state index contributed by atoms with van der Waals surface area (Å²) >= 11 is 0. The van der Waals surface area contributed by atoms with Crippen molar-refractivity contribution in [3.8, 4) is 0 Å². The fraction of sp³-hybridized carbons (Fsp3) is 1.00. The van der Waals surface area contributed by atoms with Crippen molar-refractivity contribution in [2.24, 2.45) is 0 Å². The van der Waals surface area contributed by atoms with Gasteiger partial charge in [-0.15, -0.1) is 0 Å². The SMILES string of the molecule is C[Si]1(C)CCCCO[Si](C)(CC[Si](C)(C)O[Si](C2CCCCC2)(C2CCCCC2)C2CCCCC2)O1. The summed E-state index contributed by atoms with van der Waals surface area (Å²) in [5, 5.41) is 0. The predicted molar refractivity (Wildman–Crippen MR) is 165 cm³/mol. The molecule has 0 aromatic carbocycles. The van der Waals surface area contributed by atoms with Crippen LogP contribution >= 0.6 is 0 Å². The molecule has 3 saturated carbocycles. The smallest absolute Gasteiger partial charge is 0.324 e. The fourth-order valence-electron chi connectivity index (χ4n) is 8.70. The Kier molecular flexibility index (Phi) is 10.7. The molecule has 4 rings (SSSR count). The van der Waals surface area contributed by atoms with Gasteiger partial charge in [0.15, 0.2) is 25.0 Å². The van der Waals surface area contributed by atoms with E-state index < -0.39 is 33.5 Å². The van der Waals surface area contributed by atoms with Crippen molar-refractivity contribution < 1.29 is 12.7 Å². The van der Waals surface area contributed by atoms with Gasteiger partial charge in [-0.2, -0.15) is 0 Å². The molecule has 4 aliphatic rings. The predicted octanol–water partition coefficient (Wildman–Crippen LogP) is 10.3. The van der Waals surface area contributed by atoms with Gasteiger partial charge in [0.1, 0.15) is 0 Å². The standard InChI is InChI=1S/C29H60O3Si4/c1-33(2)24-16-15-23-30-35(5,31-33)26-25-34(3,4)32-36(27-17-9-6-10-18-27,28-19-11-7-12-20-28)29-21-13-8-14-22-29/h27-29H,6-26H2,1-5H3. The lowest BCUT2D eigenvalue weighted by atomic mass is 9.98. The van der Waals surface area contributed by atoms with E-state index >= 15 is 0 Å². The third-order valence-electron chi connectivity index (χ3n) is 10.4. The molecule has 4 fully saturated rings. The van der Waals surface area contributed by atoms with E-state index in [1.165, 1.54) is 121 Å². The summed E-state index contributed by atoms with van der Waals surface area (Å²) in [5.41, 5.74) is 2.83. The van der Waals surface area contributed by atoms with Crippen molar-refractivity contribution in [1.82, 2.24) is 0 Å². The second-order valence-corrected chi connectivity index (χ2v) is 31.4. The van der Waals surface area contributed by atoms with E-state index in [1.54, 1.807) is 0 Å². The van der Waals surface area contributed by atoms with Crippen molar-refractivity contribution in [2.45, 2.75) is 177 Å². The van der Waals surface area contributed by atoms with Gasteiger partial charge in [0.25, 0.3) is 0 Å². The summed E-state index contributed by atoms with van der Waals surface area (Å²) in [6, 6.07) is 3.71. The Hall–Kier alpha value is 0.748. The molecule has 0 bridgehead atoms. The highest BCUT2D eigenvalue weighted by Gasteiger charge is 2.57. The average molecular weight is 569 g/mol. The highest BCUT2D eigenvalue weighted by atomic mass is 28.4. The molecule has 210 valence electrons. The maximum Gasteiger partial charge on any atom is 0.324 e. The Labute approximate surface area is 228 Å². The van der Waals surface area contributed by atoms with Gasteiger partial charge >= 0.3 is 8.56 Å². The van der Waals surface area contributed by atoms with E-state index in [-0.39, 0.29) is 0 Å². The quantitative estimate of drug-likeness (QED) is 0.273. The van der Waals surface area contributed by atoms with Crippen LogP contribution in [0.2, 0.25) is 67.5 Å². The van der Waals surface area contributed by atoms with Crippen molar-refractivity contribution in [2.75, 3.05) is 6.61 Å². The van der Waals surface area contributed by atoms with Gasteiger partial charge in [-0.3, -0.25) is 0 Å². The molecule has 0 aromatic heterocycles. The van der Waals surface area contributed by atoms with Crippen LogP contribution in [0.3, 0.4) is 0 Å². The molecule has 0 aromatic rings. The molecular weight excluding hydrogens is 509 g/mol. The van der Waals surface area contributed by atoms with E-state index in [2.05, 4.69) is 32.7 Å². The lowest BCUT2D eigenvalue weighted by molar-refractivity contribution is 0.226. The van der Waals surface area contributed by atoms with Gasteiger partial charge in [-0.05, 0) is 73.9 Å². The molecule has 1 atom stereocenters. The van der Waals surface area contributed by atoms with E-state index in [0.29, 0.717) is 0 Å². The minimum Gasteiger partial charge on any atom is -0.455 e. The molecule has 1 heterocycles. The molecule has 0 radical (unpaired) electrons. The highest BCUT2D eigenvalue weighted by Crippen LogP contribution is 2.58. The highest BCUT2D eigenvalue weighted by molar-refractivity contribution is 6.89. The number of hydrogen-bond donors (Lipinski definition) is 0. The second kappa shape index (κ2) is 12.9. The van der Waals surface area contributed by atoms with E-state index in [1.807, 2.05) is 0 Å². The van der Waals surface area contributed by atoms with Crippen molar-refractivity contribution >= 4 is 33.5 Å². The van der Waals surface area contributed by atoms with E-state index in [9.17, 15) is 0 Å².